The molecule has 0 aliphatic carbocycles. The molecule has 120 valence electrons. The molecule has 1 amide bonds. The molecule has 3 aromatic rings. The number of carbonyl (C=O) groups is 2. The van der Waals surface area contributed by atoms with Crippen molar-refractivity contribution in [1.29, 1.82) is 0 Å². The van der Waals surface area contributed by atoms with Crippen LogP contribution in [0.5, 0.6) is 5.75 Å². The first-order chi connectivity index (χ1) is 11.6. The van der Waals surface area contributed by atoms with Gasteiger partial charge in [-0.1, -0.05) is 11.6 Å². The highest BCUT2D eigenvalue weighted by Crippen LogP contribution is 2.35. The highest BCUT2D eigenvalue weighted by molar-refractivity contribution is 6.30. The third kappa shape index (κ3) is 2.23. The Bertz CT molecular complexity index is 996. The Morgan fingerprint density at radius 2 is 2.17 bits per heavy atom. The number of hydrogen-bond acceptors (Lipinski definition) is 4. The number of halogens is 1. The lowest BCUT2D eigenvalue weighted by atomic mass is 10.1. The Kier molecular flexibility index (Phi) is 3.28. The molecular formula is C17H12ClN3O3. The maximum atomic E-state index is 11.8. The molecular weight excluding hydrogens is 330 g/mol. The minimum absolute atomic E-state index is 0.211. The quantitative estimate of drug-likeness (QED) is 0.726. The van der Waals surface area contributed by atoms with Crippen molar-refractivity contribution in [2.45, 2.75) is 13.0 Å². The summed E-state index contributed by atoms with van der Waals surface area (Å²) in [4.78, 5) is 27.8. The first-order valence-electron chi connectivity index (χ1n) is 7.31. The van der Waals surface area contributed by atoms with Gasteiger partial charge in [-0.25, -0.2) is 4.98 Å². The van der Waals surface area contributed by atoms with E-state index in [1.807, 2.05) is 0 Å². The normalized spacial score (nSPS) is 16.4. The number of hydrogen-bond donors (Lipinski definition) is 1. The van der Waals surface area contributed by atoms with Gasteiger partial charge >= 0.3 is 0 Å². The molecule has 6 nitrogen and oxygen atoms in total. The summed E-state index contributed by atoms with van der Waals surface area (Å²) in [6, 6.07) is 8.76. The van der Waals surface area contributed by atoms with Crippen LogP contribution in [0.15, 0.2) is 36.5 Å². The van der Waals surface area contributed by atoms with Crippen LogP contribution in [0.25, 0.3) is 16.9 Å². The lowest BCUT2D eigenvalue weighted by molar-refractivity contribution is -0.122. The standard InChI is InChI=1S/C17H12ClN3O3/c1-9-17(23)19-12-6-10(2-4-14(12)24-9)16-13(8-22)21-7-11(18)3-5-15(21)20-16/h2-9H,1H3,(H,19,23). The van der Waals surface area contributed by atoms with Gasteiger partial charge in [-0.2, -0.15) is 0 Å². The van der Waals surface area contributed by atoms with E-state index in [9.17, 15) is 9.59 Å². The maximum Gasteiger partial charge on any atom is 0.265 e. The first-order valence-corrected chi connectivity index (χ1v) is 7.69. The highest BCUT2D eigenvalue weighted by atomic mass is 35.5. The molecule has 4 rings (SSSR count). The molecule has 0 spiro atoms. The summed E-state index contributed by atoms with van der Waals surface area (Å²) in [5.74, 6) is 0.377. The minimum Gasteiger partial charge on any atom is -0.479 e. The Labute approximate surface area is 142 Å². The number of fused-ring (bicyclic) bond motifs is 2. The van der Waals surface area contributed by atoms with E-state index < -0.39 is 6.10 Å². The number of aldehydes is 1. The van der Waals surface area contributed by atoms with E-state index in [2.05, 4.69) is 10.3 Å². The number of amides is 1. The van der Waals surface area contributed by atoms with Gasteiger partial charge in [0.25, 0.3) is 5.91 Å². The summed E-state index contributed by atoms with van der Waals surface area (Å²) >= 11 is 6.00. The molecule has 24 heavy (non-hydrogen) atoms. The molecule has 3 heterocycles. The van der Waals surface area contributed by atoms with Crippen molar-refractivity contribution < 1.29 is 14.3 Å². The second-order valence-electron chi connectivity index (χ2n) is 5.50. The second kappa shape index (κ2) is 5.35. The third-order valence-corrected chi connectivity index (χ3v) is 4.14. The summed E-state index contributed by atoms with van der Waals surface area (Å²) in [5, 5.41) is 3.30. The lowest BCUT2D eigenvalue weighted by Gasteiger charge is -2.23. The van der Waals surface area contributed by atoms with Crippen LogP contribution in [0.1, 0.15) is 17.4 Å². The largest absolute Gasteiger partial charge is 0.479 e. The molecule has 0 saturated heterocycles. The van der Waals surface area contributed by atoms with Crippen LogP contribution in [0, 0.1) is 0 Å². The summed E-state index contributed by atoms with van der Waals surface area (Å²) < 4.78 is 7.18. The van der Waals surface area contributed by atoms with E-state index in [1.54, 1.807) is 47.9 Å². The smallest absolute Gasteiger partial charge is 0.265 e. The van der Waals surface area contributed by atoms with Crippen molar-refractivity contribution in [2.24, 2.45) is 0 Å². The van der Waals surface area contributed by atoms with Gasteiger partial charge in [0, 0.05) is 11.8 Å². The maximum absolute atomic E-state index is 11.8. The molecule has 1 atom stereocenters. The van der Waals surface area contributed by atoms with Crippen molar-refractivity contribution in [1.82, 2.24) is 9.38 Å². The van der Waals surface area contributed by atoms with E-state index in [4.69, 9.17) is 16.3 Å². The van der Waals surface area contributed by atoms with Gasteiger partial charge in [0.05, 0.1) is 10.7 Å². The summed E-state index contributed by atoms with van der Waals surface area (Å²) in [6.45, 7) is 1.68. The van der Waals surface area contributed by atoms with Crippen molar-refractivity contribution in [3.63, 3.8) is 0 Å². The van der Waals surface area contributed by atoms with E-state index in [0.29, 0.717) is 39.1 Å². The van der Waals surface area contributed by atoms with Gasteiger partial charge in [0.1, 0.15) is 22.8 Å². The van der Waals surface area contributed by atoms with Crippen molar-refractivity contribution in [2.75, 3.05) is 5.32 Å². The van der Waals surface area contributed by atoms with E-state index in [0.717, 1.165) is 6.29 Å². The SMILES string of the molecule is CC1Oc2ccc(-c3nc4ccc(Cl)cn4c3C=O)cc2NC1=O. The summed E-state index contributed by atoms with van der Waals surface area (Å²) in [7, 11) is 0. The zero-order valence-electron chi connectivity index (χ0n) is 12.6. The Balaban J connectivity index is 1.88. The van der Waals surface area contributed by atoms with Gasteiger partial charge in [-0.05, 0) is 37.3 Å². The van der Waals surface area contributed by atoms with Gasteiger partial charge in [-0.3, -0.25) is 14.0 Å². The Morgan fingerprint density at radius 1 is 1.33 bits per heavy atom. The molecule has 0 saturated carbocycles. The number of aromatic nitrogens is 2. The Hall–Kier alpha value is -2.86. The van der Waals surface area contributed by atoms with Gasteiger partial charge in [-0.15, -0.1) is 0 Å². The molecule has 0 radical (unpaired) electrons. The third-order valence-electron chi connectivity index (χ3n) is 3.91. The molecule has 1 unspecified atom stereocenters. The van der Waals surface area contributed by atoms with Crippen LogP contribution in [-0.4, -0.2) is 27.7 Å². The topological polar surface area (TPSA) is 72.7 Å². The van der Waals surface area contributed by atoms with E-state index in [-0.39, 0.29) is 5.91 Å². The predicted octanol–water partition coefficient (Wildman–Crippen LogP) is 3.19. The van der Waals surface area contributed by atoms with Gasteiger partial charge in [0.2, 0.25) is 0 Å². The first kappa shape index (κ1) is 14.7. The fourth-order valence-electron chi connectivity index (χ4n) is 2.72. The van der Waals surface area contributed by atoms with Gasteiger partial charge < -0.3 is 10.1 Å². The fourth-order valence-corrected chi connectivity index (χ4v) is 2.88. The van der Waals surface area contributed by atoms with Gasteiger partial charge in [0.15, 0.2) is 12.4 Å². The van der Waals surface area contributed by atoms with Crippen molar-refractivity contribution in [3.05, 3.63) is 47.2 Å². The molecule has 7 heteroatoms. The number of rotatable bonds is 2. The van der Waals surface area contributed by atoms with Crippen molar-refractivity contribution in [3.8, 4) is 17.0 Å². The minimum atomic E-state index is -0.536. The molecule has 1 aliphatic heterocycles. The zero-order valence-corrected chi connectivity index (χ0v) is 13.4. The van der Waals surface area contributed by atoms with E-state index in [1.165, 1.54) is 0 Å². The van der Waals surface area contributed by atoms with Crippen LogP contribution in [0.3, 0.4) is 0 Å². The number of carbonyl (C=O) groups excluding carboxylic acids is 2. The summed E-state index contributed by atoms with van der Waals surface area (Å²) in [6.07, 6.45) is 1.84. The van der Waals surface area contributed by atoms with Crippen LogP contribution in [0.2, 0.25) is 5.02 Å². The zero-order chi connectivity index (χ0) is 16.8. The molecule has 1 N–H and O–H groups in total. The number of pyridine rings is 1. The van der Waals surface area contributed by atoms with Crippen LogP contribution in [-0.2, 0) is 4.79 Å². The summed E-state index contributed by atoms with van der Waals surface area (Å²) in [5.41, 5.74) is 2.78. The predicted molar refractivity (Wildman–Crippen MR) is 89.7 cm³/mol. The molecule has 1 aromatic carbocycles. The van der Waals surface area contributed by atoms with Crippen molar-refractivity contribution >= 4 is 35.1 Å². The Morgan fingerprint density at radius 3 is 2.96 bits per heavy atom. The highest BCUT2D eigenvalue weighted by Gasteiger charge is 2.24. The molecule has 1 aliphatic rings. The van der Waals surface area contributed by atoms with Crippen LogP contribution in [0.4, 0.5) is 5.69 Å². The molecule has 2 aromatic heterocycles. The average molecular weight is 342 g/mol. The average Bonchev–Trinajstić information content (AvgIpc) is 2.93. The monoisotopic (exact) mass is 341 g/mol. The number of anilines is 1. The number of nitrogens with one attached hydrogen (secondary N) is 1. The van der Waals surface area contributed by atoms with Crippen LogP contribution < -0.4 is 10.1 Å². The number of ether oxygens (including phenoxy) is 1. The number of nitrogens with zero attached hydrogens (tertiary/aromatic N) is 2. The van der Waals surface area contributed by atoms with E-state index >= 15 is 0 Å². The lowest BCUT2D eigenvalue weighted by Crippen LogP contribution is -2.34. The van der Waals surface area contributed by atoms with Crippen LogP contribution >= 0.6 is 11.6 Å². The molecule has 0 fully saturated rings. The number of imidazole rings is 1. The number of benzene rings is 1. The second-order valence-corrected chi connectivity index (χ2v) is 5.94. The molecule has 0 bridgehead atoms. The fraction of sp³-hybridized carbons (Fsp3) is 0.118.